The van der Waals surface area contributed by atoms with Gasteiger partial charge in [0.15, 0.2) is 0 Å². The molecule has 1 nitrogen and oxygen atoms in total. The molecule has 0 N–H and O–H groups in total. The van der Waals surface area contributed by atoms with Crippen molar-refractivity contribution in [3.63, 3.8) is 0 Å². The van der Waals surface area contributed by atoms with Crippen molar-refractivity contribution in [1.82, 2.24) is 4.90 Å². The molecule has 1 heteroatoms. The lowest BCUT2D eigenvalue weighted by molar-refractivity contribution is 0.0525. The molecule has 80 valence electrons. The van der Waals surface area contributed by atoms with Gasteiger partial charge in [0.25, 0.3) is 0 Å². The number of rotatable bonds is 1. The van der Waals surface area contributed by atoms with Gasteiger partial charge in [0.05, 0.1) is 0 Å². The maximum Gasteiger partial charge on any atom is 0.0181 e. The summed E-state index contributed by atoms with van der Waals surface area (Å²) in [6.07, 6.45) is 13.2. The minimum Gasteiger partial charge on any atom is -0.303 e. The van der Waals surface area contributed by atoms with Crippen LogP contribution in [0.5, 0.6) is 0 Å². The molecule has 1 fully saturated rings. The Morgan fingerprint density at radius 1 is 1.36 bits per heavy atom. The highest BCUT2D eigenvalue weighted by Crippen LogP contribution is 2.44. The highest BCUT2D eigenvalue weighted by atomic mass is 15.1. The molecule has 2 aliphatic rings. The number of hydrogen-bond donors (Lipinski definition) is 0. The van der Waals surface area contributed by atoms with E-state index in [1.807, 2.05) is 0 Å². The second kappa shape index (κ2) is 4.06. The van der Waals surface area contributed by atoms with Crippen LogP contribution in [0.25, 0.3) is 0 Å². The van der Waals surface area contributed by atoms with E-state index in [2.05, 4.69) is 31.0 Å². The van der Waals surface area contributed by atoms with Gasteiger partial charge in [-0.05, 0) is 52.1 Å². The average molecular weight is 193 g/mol. The summed E-state index contributed by atoms with van der Waals surface area (Å²) in [7, 11) is 2.30. The van der Waals surface area contributed by atoms with E-state index < -0.39 is 0 Å². The largest absolute Gasteiger partial charge is 0.303 e. The highest BCUT2D eigenvalue weighted by molar-refractivity contribution is 5.10. The van der Waals surface area contributed by atoms with Gasteiger partial charge in [-0.2, -0.15) is 0 Å². The Morgan fingerprint density at radius 3 is 2.79 bits per heavy atom. The standard InChI is InChI=1S/C13H23N/c1-3-12-13(8-5-4-6-9-13)10-7-11-14(12)2/h5,8,12H,3-4,6-7,9-11H2,1-2H3. The van der Waals surface area contributed by atoms with E-state index in [-0.39, 0.29) is 0 Å². The van der Waals surface area contributed by atoms with Crippen LogP contribution in [-0.2, 0) is 0 Å². The van der Waals surface area contributed by atoms with Gasteiger partial charge in [-0.1, -0.05) is 19.1 Å². The van der Waals surface area contributed by atoms with E-state index >= 15 is 0 Å². The van der Waals surface area contributed by atoms with E-state index in [1.54, 1.807) is 0 Å². The molecule has 1 saturated heterocycles. The van der Waals surface area contributed by atoms with Gasteiger partial charge < -0.3 is 4.90 Å². The zero-order chi connectivity index (χ0) is 10.0. The predicted molar refractivity (Wildman–Crippen MR) is 61.4 cm³/mol. The summed E-state index contributed by atoms with van der Waals surface area (Å²) in [4.78, 5) is 2.58. The summed E-state index contributed by atoms with van der Waals surface area (Å²) in [6, 6.07) is 0.799. The van der Waals surface area contributed by atoms with Crippen LogP contribution in [0, 0.1) is 5.41 Å². The highest BCUT2D eigenvalue weighted by Gasteiger charge is 2.40. The molecule has 0 amide bonds. The monoisotopic (exact) mass is 193 g/mol. The minimum absolute atomic E-state index is 0.542. The molecular weight excluding hydrogens is 170 g/mol. The lowest BCUT2D eigenvalue weighted by Gasteiger charge is -2.48. The second-order valence-electron chi connectivity index (χ2n) is 5.04. The van der Waals surface area contributed by atoms with Crippen LogP contribution in [-0.4, -0.2) is 24.5 Å². The van der Waals surface area contributed by atoms with E-state index in [4.69, 9.17) is 0 Å². The average Bonchev–Trinajstić information content (AvgIpc) is 2.19. The summed E-state index contributed by atoms with van der Waals surface area (Å²) in [5.41, 5.74) is 0.542. The summed E-state index contributed by atoms with van der Waals surface area (Å²) in [5, 5.41) is 0. The molecule has 14 heavy (non-hydrogen) atoms. The third kappa shape index (κ3) is 1.63. The Morgan fingerprint density at radius 2 is 2.14 bits per heavy atom. The molecule has 0 bridgehead atoms. The zero-order valence-electron chi connectivity index (χ0n) is 9.63. The molecule has 0 aromatic rings. The number of nitrogens with zero attached hydrogens (tertiary/aromatic N) is 1. The number of likely N-dealkylation sites (tertiary alicyclic amines) is 1. The first kappa shape index (κ1) is 10.2. The molecule has 1 aliphatic carbocycles. The first-order valence-corrected chi connectivity index (χ1v) is 6.16. The summed E-state index contributed by atoms with van der Waals surface area (Å²) >= 11 is 0. The van der Waals surface area contributed by atoms with Crippen LogP contribution < -0.4 is 0 Å². The van der Waals surface area contributed by atoms with Crippen molar-refractivity contribution >= 4 is 0 Å². The van der Waals surface area contributed by atoms with E-state index in [9.17, 15) is 0 Å². The van der Waals surface area contributed by atoms with Gasteiger partial charge in [0.1, 0.15) is 0 Å². The summed E-state index contributed by atoms with van der Waals surface area (Å²) in [6.45, 7) is 3.64. The second-order valence-corrected chi connectivity index (χ2v) is 5.04. The lowest BCUT2D eigenvalue weighted by Crippen LogP contribution is -2.49. The maximum atomic E-state index is 2.58. The third-order valence-corrected chi connectivity index (χ3v) is 4.20. The fourth-order valence-corrected chi connectivity index (χ4v) is 3.57. The Hall–Kier alpha value is -0.300. The lowest BCUT2D eigenvalue weighted by atomic mass is 9.67. The molecule has 1 spiro atoms. The summed E-state index contributed by atoms with van der Waals surface area (Å²) in [5.74, 6) is 0. The topological polar surface area (TPSA) is 3.24 Å². The molecule has 1 aliphatic heterocycles. The van der Waals surface area contributed by atoms with Crippen LogP contribution in [0.4, 0.5) is 0 Å². The van der Waals surface area contributed by atoms with Gasteiger partial charge in [-0.15, -0.1) is 0 Å². The molecule has 2 rings (SSSR count). The molecule has 0 radical (unpaired) electrons. The van der Waals surface area contributed by atoms with Crippen LogP contribution >= 0.6 is 0 Å². The Kier molecular flexibility index (Phi) is 2.96. The Bertz CT molecular complexity index is 221. The molecule has 0 aromatic heterocycles. The van der Waals surface area contributed by atoms with Gasteiger partial charge in [0, 0.05) is 11.5 Å². The third-order valence-electron chi connectivity index (χ3n) is 4.20. The van der Waals surface area contributed by atoms with Crippen LogP contribution in [0.1, 0.15) is 45.4 Å². The Labute approximate surface area is 88.2 Å². The number of allylic oxidation sites excluding steroid dienone is 1. The van der Waals surface area contributed by atoms with Crippen molar-refractivity contribution in [1.29, 1.82) is 0 Å². The predicted octanol–water partition coefficient (Wildman–Crippen LogP) is 3.22. The normalized spacial score (nSPS) is 39.1. The van der Waals surface area contributed by atoms with Crippen molar-refractivity contribution in [3.8, 4) is 0 Å². The van der Waals surface area contributed by atoms with Crippen molar-refractivity contribution in [3.05, 3.63) is 12.2 Å². The smallest absolute Gasteiger partial charge is 0.0181 e. The molecule has 1 heterocycles. The van der Waals surface area contributed by atoms with Crippen molar-refractivity contribution in [2.24, 2.45) is 5.41 Å². The van der Waals surface area contributed by atoms with Crippen LogP contribution in [0.2, 0.25) is 0 Å². The van der Waals surface area contributed by atoms with Gasteiger partial charge >= 0.3 is 0 Å². The van der Waals surface area contributed by atoms with E-state index in [1.165, 1.54) is 45.1 Å². The van der Waals surface area contributed by atoms with Gasteiger partial charge in [-0.25, -0.2) is 0 Å². The van der Waals surface area contributed by atoms with Crippen molar-refractivity contribution in [2.75, 3.05) is 13.6 Å². The first-order valence-electron chi connectivity index (χ1n) is 6.16. The SMILES string of the molecule is CCC1N(C)CCCC12C=CCCC2. The van der Waals surface area contributed by atoms with Crippen molar-refractivity contribution in [2.45, 2.75) is 51.5 Å². The van der Waals surface area contributed by atoms with E-state index in [0.29, 0.717) is 5.41 Å². The Balaban J connectivity index is 2.21. The number of piperidine rings is 1. The van der Waals surface area contributed by atoms with Crippen LogP contribution in [0.15, 0.2) is 12.2 Å². The zero-order valence-corrected chi connectivity index (χ0v) is 9.63. The quantitative estimate of drug-likeness (QED) is 0.578. The van der Waals surface area contributed by atoms with Gasteiger partial charge in [0.2, 0.25) is 0 Å². The van der Waals surface area contributed by atoms with Crippen LogP contribution in [0.3, 0.4) is 0 Å². The molecule has 0 saturated carbocycles. The fourth-order valence-electron chi connectivity index (χ4n) is 3.57. The number of hydrogen-bond acceptors (Lipinski definition) is 1. The fraction of sp³-hybridized carbons (Fsp3) is 0.846. The maximum absolute atomic E-state index is 2.58. The molecular formula is C13H23N. The van der Waals surface area contributed by atoms with Crippen molar-refractivity contribution < 1.29 is 0 Å². The van der Waals surface area contributed by atoms with Gasteiger partial charge in [-0.3, -0.25) is 0 Å². The molecule has 0 aromatic carbocycles. The van der Waals surface area contributed by atoms with E-state index in [0.717, 1.165) is 6.04 Å². The molecule has 2 atom stereocenters. The summed E-state index contributed by atoms with van der Waals surface area (Å²) < 4.78 is 0. The molecule has 2 unspecified atom stereocenters. The minimum atomic E-state index is 0.542. The first-order chi connectivity index (χ1) is 6.78.